The molecule has 0 heterocycles. The third-order valence-corrected chi connectivity index (χ3v) is 3.89. The Kier molecular flexibility index (Phi) is 6.12. The highest BCUT2D eigenvalue weighted by Gasteiger charge is 2.08. The van der Waals surface area contributed by atoms with E-state index in [1.54, 1.807) is 0 Å². The molecule has 0 saturated carbocycles. The van der Waals surface area contributed by atoms with Crippen LogP contribution in [0.2, 0.25) is 5.02 Å². The minimum Gasteiger partial charge on any atom is -0.345 e. The number of rotatable bonds is 4. The molecule has 0 bridgehead atoms. The summed E-state index contributed by atoms with van der Waals surface area (Å²) in [5, 5.41) is 4.51. The van der Waals surface area contributed by atoms with Crippen LogP contribution in [0.3, 0.4) is 0 Å². The van der Waals surface area contributed by atoms with Crippen LogP contribution in [-0.4, -0.2) is 23.1 Å². The maximum Gasteiger partial charge on any atom is 0.173 e. The lowest BCUT2D eigenvalue weighted by Crippen LogP contribution is -2.35. The number of thiocarbonyl (C=S) groups is 1. The summed E-state index contributed by atoms with van der Waals surface area (Å²) >= 11 is 14.8. The van der Waals surface area contributed by atoms with Crippen LogP contribution in [0, 0.1) is 0 Å². The molecule has 18 heavy (non-hydrogen) atoms. The van der Waals surface area contributed by atoms with Crippen molar-refractivity contribution in [3.63, 3.8) is 0 Å². The van der Waals surface area contributed by atoms with E-state index in [1.165, 1.54) is 0 Å². The summed E-state index contributed by atoms with van der Waals surface area (Å²) in [7, 11) is 0. The first-order chi connectivity index (χ1) is 8.43. The van der Waals surface area contributed by atoms with Gasteiger partial charge in [0.25, 0.3) is 0 Å². The SMILES string of the molecule is C=C(C)CN(CC)C(=S)Nc1ccc(Br)c(Cl)c1. The number of nitrogens with zero attached hydrogens (tertiary/aromatic N) is 1. The van der Waals surface area contributed by atoms with Crippen LogP contribution >= 0.6 is 39.7 Å². The van der Waals surface area contributed by atoms with Gasteiger partial charge in [-0.1, -0.05) is 23.8 Å². The maximum atomic E-state index is 6.04. The fraction of sp³-hybridized carbons (Fsp3) is 0.308. The Morgan fingerprint density at radius 3 is 2.72 bits per heavy atom. The van der Waals surface area contributed by atoms with Crippen molar-refractivity contribution >= 4 is 50.5 Å². The molecule has 0 spiro atoms. The van der Waals surface area contributed by atoms with Gasteiger partial charge < -0.3 is 10.2 Å². The van der Waals surface area contributed by atoms with E-state index < -0.39 is 0 Å². The molecule has 0 aliphatic rings. The molecular formula is C13H16BrClN2S. The largest absolute Gasteiger partial charge is 0.345 e. The molecule has 0 unspecified atom stereocenters. The molecule has 1 aromatic rings. The van der Waals surface area contributed by atoms with E-state index in [4.69, 9.17) is 23.8 Å². The van der Waals surface area contributed by atoms with Gasteiger partial charge in [0.05, 0.1) is 5.02 Å². The van der Waals surface area contributed by atoms with E-state index in [-0.39, 0.29) is 0 Å². The molecule has 0 radical (unpaired) electrons. The zero-order chi connectivity index (χ0) is 13.7. The highest BCUT2D eigenvalue weighted by molar-refractivity contribution is 9.10. The number of halogens is 2. The van der Waals surface area contributed by atoms with Crippen molar-refractivity contribution in [2.75, 3.05) is 18.4 Å². The van der Waals surface area contributed by atoms with E-state index in [2.05, 4.69) is 34.7 Å². The summed E-state index contributed by atoms with van der Waals surface area (Å²) in [6, 6.07) is 5.66. The summed E-state index contributed by atoms with van der Waals surface area (Å²) in [5.74, 6) is 0. The third-order valence-electron chi connectivity index (χ3n) is 2.30. The average Bonchev–Trinajstić information content (AvgIpc) is 2.30. The van der Waals surface area contributed by atoms with Crippen LogP contribution in [0.15, 0.2) is 34.8 Å². The Balaban J connectivity index is 2.73. The quantitative estimate of drug-likeness (QED) is 0.628. The van der Waals surface area contributed by atoms with E-state index in [1.807, 2.05) is 30.0 Å². The van der Waals surface area contributed by atoms with Crippen LogP contribution in [0.5, 0.6) is 0 Å². The number of hydrogen-bond donors (Lipinski definition) is 1. The van der Waals surface area contributed by atoms with Crippen LogP contribution in [0.25, 0.3) is 0 Å². The fourth-order valence-corrected chi connectivity index (χ4v) is 2.17. The molecule has 1 rings (SSSR count). The Hall–Kier alpha value is -0.580. The lowest BCUT2D eigenvalue weighted by Gasteiger charge is -2.24. The van der Waals surface area contributed by atoms with E-state index in [0.29, 0.717) is 10.1 Å². The second-order valence-corrected chi connectivity index (χ2v) is 5.68. The van der Waals surface area contributed by atoms with E-state index in [9.17, 15) is 0 Å². The van der Waals surface area contributed by atoms with Crippen molar-refractivity contribution < 1.29 is 0 Å². The highest BCUT2D eigenvalue weighted by atomic mass is 79.9. The van der Waals surface area contributed by atoms with Gasteiger partial charge in [0, 0.05) is 23.2 Å². The van der Waals surface area contributed by atoms with Gasteiger partial charge >= 0.3 is 0 Å². The van der Waals surface area contributed by atoms with Gasteiger partial charge in [0.2, 0.25) is 0 Å². The van der Waals surface area contributed by atoms with Crippen molar-refractivity contribution in [3.05, 3.63) is 39.8 Å². The first-order valence-corrected chi connectivity index (χ1v) is 7.17. The average molecular weight is 348 g/mol. The summed E-state index contributed by atoms with van der Waals surface area (Å²) in [5.41, 5.74) is 1.96. The first kappa shape index (κ1) is 15.5. The van der Waals surface area contributed by atoms with Crippen LogP contribution in [-0.2, 0) is 0 Å². The van der Waals surface area contributed by atoms with Crippen LogP contribution in [0.1, 0.15) is 13.8 Å². The summed E-state index contributed by atoms with van der Waals surface area (Å²) in [6.45, 7) is 9.54. The number of likely N-dealkylation sites (N-methyl/N-ethyl adjacent to an activating group) is 1. The minimum atomic E-state index is 0.658. The van der Waals surface area contributed by atoms with Crippen molar-refractivity contribution in [2.45, 2.75) is 13.8 Å². The lowest BCUT2D eigenvalue weighted by molar-refractivity contribution is 0.485. The molecule has 0 saturated heterocycles. The lowest BCUT2D eigenvalue weighted by atomic mass is 10.3. The van der Waals surface area contributed by atoms with Crippen molar-refractivity contribution in [1.82, 2.24) is 4.90 Å². The maximum absolute atomic E-state index is 6.04. The predicted molar refractivity (Wildman–Crippen MR) is 87.4 cm³/mol. The summed E-state index contributed by atoms with van der Waals surface area (Å²) < 4.78 is 0.870. The Morgan fingerprint density at radius 1 is 1.56 bits per heavy atom. The van der Waals surface area contributed by atoms with Gasteiger partial charge in [-0.3, -0.25) is 0 Å². The number of benzene rings is 1. The molecule has 1 N–H and O–H groups in total. The van der Waals surface area contributed by atoms with Gasteiger partial charge in [-0.15, -0.1) is 0 Å². The van der Waals surface area contributed by atoms with Crippen LogP contribution < -0.4 is 5.32 Å². The molecule has 0 amide bonds. The van der Waals surface area contributed by atoms with Crippen LogP contribution in [0.4, 0.5) is 5.69 Å². The van der Waals surface area contributed by atoms with E-state index >= 15 is 0 Å². The van der Waals surface area contributed by atoms with Crippen molar-refractivity contribution in [3.8, 4) is 0 Å². The molecule has 0 atom stereocenters. The molecule has 98 valence electrons. The standard InChI is InChI=1S/C13H16BrClN2S/c1-4-17(8-9(2)3)13(18)16-10-5-6-11(14)12(15)7-10/h5-7H,2,4,8H2,1,3H3,(H,16,18). The molecule has 2 nitrogen and oxygen atoms in total. The molecule has 1 aromatic carbocycles. The minimum absolute atomic E-state index is 0.658. The second kappa shape index (κ2) is 7.12. The molecule has 0 aromatic heterocycles. The van der Waals surface area contributed by atoms with Gasteiger partial charge in [-0.25, -0.2) is 0 Å². The highest BCUT2D eigenvalue weighted by Crippen LogP contribution is 2.25. The fourth-order valence-electron chi connectivity index (χ4n) is 1.43. The predicted octanol–water partition coefficient (Wildman–Crippen LogP) is 4.70. The topological polar surface area (TPSA) is 15.3 Å². The summed E-state index contributed by atoms with van der Waals surface area (Å²) in [4.78, 5) is 2.05. The monoisotopic (exact) mass is 346 g/mol. The first-order valence-electron chi connectivity index (χ1n) is 5.59. The summed E-state index contributed by atoms with van der Waals surface area (Å²) in [6.07, 6.45) is 0. The van der Waals surface area contributed by atoms with E-state index in [0.717, 1.165) is 28.8 Å². The van der Waals surface area contributed by atoms with Gasteiger partial charge in [0.1, 0.15) is 0 Å². The molecular weight excluding hydrogens is 332 g/mol. The zero-order valence-electron chi connectivity index (χ0n) is 10.5. The second-order valence-electron chi connectivity index (χ2n) is 4.03. The smallest absolute Gasteiger partial charge is 0.173 e. The van der Waals surface area contributed by atoms with Gasteiger partial charge in [-0.2, -0.15) is 0 Å². The Labute approximate surface area is 127 Å². The normalized spacial score (nSPS) is 10.0. The van der Waals surface area contributed by atoms with Crippen molar-refractivity contribution in [2.24, 2.45) is 0 Å². The van der Waals surface area contributed by atoms with Crippen molar-refractivity contribution in [1.29, 1.82) is 0 Å². The molecule has 0 fully saturated rings. The molecule has 5 heteroatoms. The molecule has 0 aliphatic carbocycles. The Bertz CT molecular complexity index is 462. The molecule has 0 aliphatic heterocycles. The van der Waals surface area contributed by atoms with Gasteiger partial charge in [-0.05, 0) is 60.2 Å². The number of anilines is 1. The third kappa shape index (κ3) is 4.59. The Morgan fingerprint density at radius 2 is 2.22 bits per heavy atom. The number of nitrogens with one attached hydrogen (secondary N) is 1. The number of hydrogen-bond acceptors (Lipinski definition) is 1. The van der Waals surface area contributed by atoms with Gasteiger partial charge in [0.15, 0.2) is 5.11 Å². The zero-order valence-corrected chi connectivity index (χ0v) is 13.6.